The van der Waals surface area contributed by atoms with E-state index in [-0.39, 0.29) is 5.91 Å². The van der Waals surface area contributed by atoms with Gasteiger partial charge in [0.05, 0.1) is 0 Å². The van der Waals surface area contributed by atoms with Gasteiger partial charge in [-0.05, 0) is 86.7 Å². The van der Waals surface area contributed by atoms with Gasteiger partial charge in [0.25, 0.3) is 5.91 Å². The molecule has 1 atom stereocenters. The third kappa shape index (κ3) is 3.94. The number of carbonyl (C=O) groups excluding carboxylic acids is 1. The van der Waals surface area contributed by atoms with Crippen LogP contribution in [0.2, 0.25) is 0 Å². The molecule has 1 aliphatic heterocycles. The molecule has 2 N–H and O–H groups in total. The minimum Gasteiger partial charge on any atom is -0.369 e. The first-order valence-electron chi connectivity index (χ1n) is 11.5. The van der Waals surface area contributed by atoms with Crippen molar-refractivity contribution in [3.8, 4) is 0 Å². The maximum atomic E-state index is 13.0. The van der Waals surface area contributed by atoms with E-state index in [9.17, 15) is 4.79 Å². The fourth-order valence-corrected chi connectivity index (χ4v) is 4.98. The number of carbonyl (C=O) groups is 1. The summed E-state index contributed by atoms with van der Waals surface area (Å²) < 4.78 is 0. The molecule has 2 heterocycles. The van der Waals surface area contributed by atoms with E-state index in [4.69, 9.17) is 0 Å². The number of anilines is 2. The van der Waals surface area contributed by atoms with Crippen LogP contribution in [-0.2, 0) is 12.8 Å². The molecule has 1 amide bonds. The molecule has 1 saturated heterocycles. The number of aromatic nitrogens is 1. The molecule has 0 bridgehead atoms. The SMILES string of the molecule is Cc1cc(N2CCN(C)CC2)ccc1NC(=O)c1ccc2[nH]c3c(c2c1)CC(C)CC3. The molecule has 162 valence electrons. The minimum absolute atomic E-state index is 0.0452. The molecule has 1 aliphatic carbocycles. The van der Waals surface area contributed by atoms with Crippen molar-refractivity contribution in [1.29, 1.82) is 0 Å². The number of H-pyrrole nitrogens is 1. The number of hydrogen-bond acceptors (Lipinski definition) is 3. The lowest BCUT2D eigenvalue weighted by atomic mass is 9.87. The first-order valence-corrected chi connectivity index (χ1v) is 11.5. The van der Waals surface area contributed by atoms with Crippen LogP contribution in [0.5, 0.6) is 0 Å². The summed E-state index contributed by atoms with van der Waals surface area (Å²) in [6, 6.07) is 12.4. The number of aromatic amines is 1. The van der Waals surface area contributed by atoms with Crippen molar-refractivity contribution >= 4 is 28.2 Å². The molecular formula is C26H32N4O. The number of fused-ring (bicyclic) bond motifs is 3. The number of aryl methyl sites for hydroxylation is 2. The Hall–Kier alpha value is -2.79. The Morgan fingerprint density at radius 1 is 1.10 bits per heavy atom. The first kappa shape index (κ1) is 20.1. The average Bonchev–Trinajstić information content (AvgIpc) is 3.12. The third-order valence-electron chi connectivity index (χ3n) is 7.02. The standard InChI is InChI=1S/C26H32N4O/c1-17-4-7-24-21(14-17)22-16-19(5-8-25(22)27-24)26(31)28-23-9-6-20(15-18(23)2)30-12-10-29(3)11-13-30/h5-6,8-9,15-17,27H,4,7,10-14H2,1-3H3,(H,28,31). The van der Waals surface area contributed by atoms with Crippen LogP contribution in [0.3, 0.4) is 0 Å². The Bertz CT molecular complexity index is 1120. The van der Waals surface area contributed by atoms with Crippen molar-refractivity contribution in [3.05, 3.63) is 58.8 Å². The van der Waals surface area contributed by atoms with Gasteiger partial charge in [-0.1, -0.05) is 6.92 Å². The number of piperazine rings is 1. The number of nitrogens with zero attached hydrogens (tertiary/aromatic N) is 2. The van der Waals surface area contributed by atoms with Crippen LogP contribution in [0.15, 0.2) is 36.4 Å². The van der Waals surface area contributed by atoms with Crippen molar-refractivity contribution < 1.29 is 4.79 Å². The van der Waals surface area contributed by atoms with E-state index in [1.807, 2.05) is 12.1 Å². The number of amides is 1. The normalized spacial score (nSPS) is 19.5. The lowest BCUT2D eigenvalue weighted by Crippen LogP contribution is -2.44. The number of benzene rings is 2. The van der Waals surface area contributed by atoms with Crippen molar-refractivity contribution in [2.75, 3.05) is 43.4 Å². The molecule has 0 radical (unpaired) electrons. The quantitative estimate of drug-likeness (QED) is 0.656. The Labute approximate surface area is 184 Å². The van der Waals surface area contributed by atoms with Crippen LogP contribution < -0.4 is 10.2 Å². The largest absolute Gasteiger partial charge is 0.369 e. The molecule has 5 rings (SSSR count). The van der Waals surface area contributed by atoms with Crippen molar-refractivity contribution in [3.63, 3.8) is 0 Å². The molecule has 5 heteroatoms. The van der Waals surface area contributed by atoms with Gasteiger partial charge in [-0.25, -0.2) is 0 Å². The summed E-state index contributed by atoms with van der Waals surface area (Å²) in [7, 11) is 2.17. The van der Waals surface area contributed by atoms with E-state index in [1.54, 1.807) is 0 Å². The van der Waals surface area contributed by atoms with Crippen molar-refractivity contribution in [1.82, 2.24) is 9.88 Å². The van der Waals surface area contributed by atoms with Crippen molar-refractivity contribution in [2.45, 2.75) is 33.1 Å². The molecule has 5 nitrogen and oxygen atoms in total. The summed E-state index contributed by atoms with van der Waals surface area (Å²) >= 11 is 0. The van der Waals surface area contributed by atoms with E-state index < -0.39 is 0 Å². The minimum atomic E-state index is -0.0452. The predicted octanol–water partition coefficient (Wildman–Crippen LogP) is 4.61. The van der Waals surface area contributed by atoms with E-state index in [0.717, 1.165) is 61.4 Å². The van der Waals surface area contributed by atoms with Gasteiger partial charge in [-0.15, -0.1) is 0 Å². The molecule has 2 aromatic carbocycles. The highest BCUT2D eigenvalue weighted by molar-refractivity contribution is 6.07. The van der Waals surface area contributed by atoms with Crippen molar-refractivity contribution in [2.24, 2.45) is 5.92 Å². The van der Waals surface area contributed by atoms with Gasteiger partial charge in [-0.3, -0.25) is 4.79 Å². The summed E-state index contributed by atoms with van der Waals surface area (Å²) in [6.45, 7) is 8.64. The lowest BCUT2D eigenvalue weighted by molar-refractivity contribution is 0.102. The second-order valence-electron chi connectivity index (χ2n) is 9.43. The summed E-state index contributed by atoms with van der Waals surface area (Å²) in [5, 5.41) is 4.34. The number of nitrogens with one attached hydrogen (secondary N) is 2. The number of likely N-dealkylation sites (N-methyl/N-ethyl adjacent to an activating group) is 1. The van der Waals surface area contributed by atoms with E-state index >= 15 is 0 Å². The molecule has 1 unspecified atom stereocenters. The highest BCUT2D eigenvalue weighted by atomic mass is 16.1. The predicted molar refractivity (Wildman–Crippen MR) is 128 cm³/mol. The van der Waals surface area contributed by atoms with Gasteiger partial charge in [-0.2, -0.15) is 0 Å². The highest BCUT2D eigenvalue weighted by Crippen LogP contribution is 2.32. The molecule has 0 saturated carbocycles. The monoisotopic (exact) mass is 416 g/mol. The van der Waals surface area contributed by atoms with E-state index in [2.05, 4.69) is 65.3 Å². The van der Waals surface area contributed by atoms with Gasteiger partial charge in [0, 0.05) is 59.7 Å². The first-order chi connectivity index (χ1) is 15.0. The molecule has 1 fully saturated rings. The van der Waals surface area contributed by atoms with Crippen LogP contribution in [0.25, 0.3) is 10.9 Å². The second kappa shape index (κ2) is 8.04. The lowest BCUT2D eigenvalue weighted by Gasteiger charge is -2.34. The summed E-state index contributed by atoms with van der Waals surface area (Å²) in [5.74, 6) is 0.654. The van der Waals surface area contributed by atoms with Crippen LogP contribution >= 0.6 is 0 Å². The van der Waals surface area contributed by atoms with Gasteiger partial charge < -0.3 is 20.1 Å². The topological polar surface area (TPSA) is 51.4 Å². The highest BCUT2D eigenvalue weighted by Gasteiger charge is 2.21. The summed E-state index contributed by atoms with van der Waals surface area (Å²) in [5.41, 5.74) is 7.82. The fraction of sp³-hybridized carbons (Fsp3) is 0.423. The van der Waals surface area contributed by atoms with Crippen LogP contribution in [-0.4, -0.2) is 49.0 Å². The Kier molecular flexibility index (Phi) is 5.22. The number of rotatable bonds is 3. The average molecular weight is 417 g/mol. The smallest absolute Gasteiger partial charge is 0.255 e. The summed E-state index contributed by atoms with van der Waals surface area (Å²) in [6.07, 6.45) is 3.43. The van der Waals surface area contributed by atoms with Gasteiger partial charge in [0.15, 0.2) is 0 Å². The van der Waals surface area contributed by atoms with Crippen LogP contribution in [0.1, 0.15) is 40.5 Å². The van der Waals surface area contributed by atoms with E-state index in [1.165, 1.54) is 28.8 Å². The molecule has 31 heavy (non-hydrogen) atoms. The Morgan fingerprint density at radius 2 is 1.90 bits per heavy atom. The molecule has 1 aromatic heterocycles. The van der Waals surface area contributed by atoms with Gasteiger partial charge in [0.1, 0.15) is 0 Å². The zero-order valence-electron chi connectivity index (χ0n) is 18.8. The Morgan fingerprint density at radius 3 is 2.68 bits per heavy atom. The zero-order chi connectivity index (χ0) is 21.5. The molecule has 3 aromatic rings. The van der Waals surface area contributed by atoms with Gasteiger partial charge in [0.2, 0.25) is 0 Å². The van der Waals surface area contributed by atoms with Crippen LogP contribution in [0.4, 0.5) is 11.4 Å². The van der Waals surface area contributed by atoms with Gasteiger partial charge >= 0.3 is 0 Å². The maximum Gasteiger partial charge on any atom is 0.255 e. The molecule has 0 spiro atoms. The maximum absolute atomic E-state index is 13.0. The molecular weight excluding hydrogens is 384 g/mol. The Balaban J connectivity index is 1.35. The number of hydrogen-bond donors (Lipinski definition) is 2. The third-order valence-corrected chi connectivity index (χ3v) is 7.02. The fourth-order valence-electron chi connectivity index (χ4n) is 4.98. The summed E-state index contributed by atoms with van der Waals surface area (Å²) in [4.78, 5) is 21.4. The second-order valence-corrected chi connectivity index (χ2v) is 9.43. The zero-order valence-corrected chi connectivity index (χ0v) is 18.8. The van der Waals surface area contributed by atoms with E-state index in [0.29, 0.717) is 5.92 Å². The van der Waals surface area contributed by atoms with Crippen LogP contribution in [0, 0.1) is 12.8 Å². The molecule has 2 aliphatic rings.